The molecule has 0 aliphatic rings. The Balaban J connectivity index is 1.91. The lowest BCUT2D eigenvalue weighted by atomic mass is 10.2. The second kappa shape index (κ2) is 8.92. The standard InChI is InChI=1S/C16H20N2O2S2/c1-21-8-7-13(10-19)17-15(20)9-14-11-22-16(18-14)12-5-3-2-4-6-12/h2-6,11,13,19H,7-10H2,1H3,(H,17,20). The largest absolute Gasteiger partial charge is 0.394 e. The summed E-state index contributed by atoms with van der Waals surface area (Å²) >= 11 is 3.24. The summed E-state index contributed by atoms with van der Waals surface area (Å²) < 4.78 is 0. The first-order chi connectivity index (χ1) is 10.7. The first kappa shape index (κ1) is 17.0. The molecule has 118 valence electrons. The van der Waals surface area contributed by atoms with Crippen LogP contribution in [-0.4, -0.2) is 40.7 Å². The topological polar surface area (TPSA) is 62.2 Å². The minimum absolute atomic E-state index is 0.0291. The highest BCUT2D eigenvalue weighted by atomic mass is 32.2. The number of thioether (sulfide) groups is 1. The van der Waals surface area contributed by atoms with Gasteiger partial charge in [0.2, 0.25) is 5.91 Å². The number of amides is 1. The van der Waals surface area contributed by atoms with E-state index in [2.05, 4.69) is 10.3 Å². The van der Waals surface area contributed by atoms with Crippen LogP contribution in [0.2, 0.25) is 0 Å². The quantitative estimate of drug-likeness (QED) is 0.778. The summed E-state index contributed by atoms with van der Waals surface area (Å²) in [6, 6.07) is 9.75. The van der Waals surface area contributed by atoms with Crippen LogP contribution in [0.25, 0.3) is 10.6 Å². The Labute approximate surface area is 139 Å². The molecule has 6 heteroatoms. The molecule has 1 atom stereocenters. The minimum atomic E-state index is -0.174. The molecule has 0 fully saturated rings. The number of rotatable bonds is 8. The fourth-order valence-corrected chi connectivity index (χ4v) is 3.36. The molecule has 0 aliphatic heterocycles. The number of nitrogens with zero attached hydrogens (tertiary/aromatic N) is 1. The zero-order valence-electron chi connectivity index (χ0n) is 12.5. The first-order valence-electron chi connectivity index (χ1n) is 7.12. The van der Waals surface area contributed by atoms with Gasteiger partial charge in [-0.05, 0) is 18.4 Å². The Morgan fingerprint density at radius 1 is 1.41 bits per heavy atom. The van der Waals surface area contributed by atoms with E-state index in [0.717, 1.165) is 28.4 Å². The fourth-order valence-electron chi connectivity index (χ4n) is 2.01. The van der Waals surface area contributed by atoms with Crippen molar-refractivity contribution >= 4 is 29.0 Å². The Kier molecular flexibility index (Phi) is 6.89. The number of thiazole rings is 1. The van der Waals surface area contributed by atoms with Crippen molar-refractivity contribution < 1.29 is 9.90 Å². The van der Waals surface area contributed by atoms with Crippen LogP contribution in [0.4, 0.5) is 0 Å². The van der Waals surface area contributed by atoms with Crippen molar-refractivity contribution in [2.75, 3.05) is 18.6 Å². The maximum atomic E-state index is 12.0. The number of nitrogens with one attached hydrogen (secondary N) is 1. The van der Waals surface area contributed by atoms with Crippen molar-refractivity contribution in [3.05, 3.63) is 41.4 Å². The zero-order valence-corrected chi connectivity index (χ0v) is 14.1. The van der Waals surface area contributed by atoms with E-state index >= 15 is 0 Å². The zero-order chi connectivity index (χ0) is 15.8. The van der Waals surface area contributed by atoms with Crippen LogP contribution < -0.4 is 5.32 Å². The van der Waals surface area contributed by atoms with Crippen molar-refractivity contribution in [2.45, 2.75) is 18.9 Å². The van der Waals surface area contributed by atoms with E-state index in [4.69, 9.17) is 0 Å². The Hall–Kier alpha value is -1.37. The number of benzene rings is 1. The summed E-state index contributed by atoms with van der Waals surface area (Å²) in [5.74, 6) is 0.824. The molecule has 22 heavy (non-hydrogen) atoms. The molecule has 2 aromatic rings. The van der Waals surface area contributed by atoms with Crippen LogP contribution in [0.15, 0.2) is 35.7 Å². The number of aromatic nitrogens is 1. The molecule has 1 heterocycles. The minimum Gasteiger partial charge on any atom is -0.394 e. The summed E-state index contributed by atoms with van der Waals surface area (Å²) in [6.45, 7) is -0.0291. The second-order valence-corrected chi connectivity index (χ2v) is 6.76. The van der Waals surface area contributed by atoms with Gasteiger partial charge in [-0.15, -0.1) is 11.3 Å². The molecule has 1 aromatic carbocycles. The lowest BCUT2D eigenvalue weighted by Crippen LogP contribution is -2.38. The average molecular weight is 336 g/mol. The lowest BCUT2D eigenvalue weighted by Gasteiger charge is -2.15. The highest BCUT2D eigenvalue weighted by Crippen LogP contribution is 2.23. The van der Waals surface area contributed by atoms with Gasteiger partial charge in [0.05, 0.1) is 24.8 Å². The average Bonchev–Trinajstić information content (AvgIpc) is 3.00. The summed E-state index contributed by atoms with van der Waals surface area (Å²) in [6.07, 6.45) is 3.03. The van der Waals surface area contributed by atoms with E-state index in [1.54, 1.807) is 11.8 Å². The van der Waals surface area contributed by atoms with Gasteiger partial charge in [-0.1, -0.05) is 30.3 Å². The third-order valence-corrected chi connectivity index (χ3v) is 4.75. The normalized spacial score (nSPS) is 12.1. The van der Waals surface area contributed by atoms with E-state index in [1.165, 1.54) is 11.3 Å². The van der Waals surface area contributed by atoms with Crippen molar-refractivity contribution in [1.29, 1.82) is 0 Å². The molecule has 0 saturated heterocycles. The van der Waals surface area contributed by atoms with E-state index < -0.39 is 0 Å². The third kappa shape index (κ3) is 5.12. The van der Waals surface area contributed by atoms with Crippen molar-refractivity contribution in [3.63, 3.8) is 0 Å². The van der Waals surface area contributed by atoms with Crippen LogP contribution in [0.1, 0.15) is 12.1 Å². The van der Waals surface area contributed by atoms with Crippen LogP contribution in [-0.2, 0) is 11.2 Å². The number of carbonyl (C=O) groups is 1. The van der Waals surface area contributed by atoms with Crippen LogP contribution in [0, 0.1) is 0 Å². The number of aliphatic hydroxyl groups is 1. The first-order valence-corrected chi connectivity index (χ1v) is 9.39. The highest BCUT2D eigenvalue weighted by molar-refractivity contribution is 7.98. The monoisotopic (exact) mass is 336 g/mol. The smallest absolute Gasteiger partial charge is 0.226 e. The second-order valence-electron chi connectivity index (χ2n) is 4.92. The summed E-state index contributed by atoms with van der Waals surface area (Å²) in [4.78, 5) is 16.5. The summed E-state index contributed by atoms with van der Waals surface area (Å²) in [5.41, 5.74) is 1.83. The maximum absolute atomic E-state index is 12.0. The molecule has 1 amide bonds. The van der Waals surface area contributed by atoms with Gasteiger partial charge in [-0.3, -0.25) is 4.79 Å². The van der Waals surface area contributed by atoms with Gasteiger partial charge >= 0.3 is 0 Å². The van der Waals surface area contributed by atoms with E-state index in [9.17, 15) is 9.90 Å². The molecule has 0 saturated carbocycles. The van der Waals surface area contributed by atoms with Crippen molar-refractivity contribution in [3.8, 4) is 10.6 Å². The molecule has 4 nitrogen and oxygen atoms in total. The molecular formula is C16H20N2O2S2. The molecular weight excluding hydrogens is 316 g/mol. The van der Waals surface area contributed by atoms with Crippen LogP contribution in [0.3, 0.4) is 0 Å². The van der Waals surface area contributed by atoms with Gasteiger partial charge in [-0.2, -0.15) is 11.8 Å². The van der Waals surface area contributed by atoms with Crippen molar-refractivity contribution in [1.82, 2.24) is 10.3 Å². The van der Waals surface area contributed by atoms with Crippen molar-refractivity contribution in [2.24, 2.45) is 0 Å². The number of carbonyl (C=O) groups excluding carboxylic acids is 1. The number of aliphatic hydroxyl groups excluding tert-OH is 1. The molecule has 1 aromatic heterocycles. The molecule has 2 rings (SSSR count). The van der Waals surface area contributed by atoms with Gasteiger partial charge in [0.25, 0.3) is 0 Å². The predicted molar refractivity (Wildman–Crippen MR) is 93.3 cm³/mol. The SMILES string of the molecule is CSCCC(CO)NC(=O)Cc1csc(-c2ccccc2)n1. The molecule has 0 radical (unpaired) electrons. The van der Waals surface area contributed by atoms with Gasteiger partial charge in [0, 0.05) is 10.9 Å². The van der Waals surface area contributed by atoms with E-state index in [0.29, 0.717) is 0 Å². The fraction of sp³-hybridized carbons (Fsp3) is 0.375. The lowest BCUT2D eigenvalue weighted by molar-refractivity contribution is -0.121. The molecule has 0 bridgehead atoms. The van der Waals surface area contributed by atoms with Crippen LogP contribution in [0.5, 0.6) is 0 Å². The van der Waals surface area contributed by atoms with Crippen LogP contribution >= 0.6 is 23.1 Å². The van der Waals surface area contributed by atoms with Gasteiger partial charge < -0.3 is 10.4 Å². The Morgan fingerprint density at radius 3 is 2.86 bits per heavy atom. The molecule has 2 N–H and O–H groups in total. The Morgan fingerprint density at radius 2 is 2.18 bits per heavy atom. The molecule has 0 spiro atoms. The molecule has 0 aliphatic carbocycles. The maximum Gasteiger partial charge on any atom is 0.226 e. The van der Waals surface area contributed by atoms with E-state index in [1.807, 2.05) is 42.0 Å². The summed E-state index contributed by atoms with van der Waals surface area (Å²) in [5, 5.41) is 15.0. The van der Waals surface area contributed by atoms with Gasteiger partial charge in [-0.25, -0.2) is 4.98 Å². The third-order valence-electron chi connectivity index (χ3n) is 3.17. The Bertz CT molecular complexity index is 587. The van der Waals surface area contributed by atoms with Gasteiger partial charge in [0.15, 0.2) is 0 Å². The highest BCUT2D eigenvalue weighted by Gasteiger charge is 2.13. The van der Waals surface area contributed by atoms with E-state index in [-0.39, 0.29) is 25.0 Å². The molecule has 1 unspecified atom stereocenters. The summed E-state index contributed by atoms with van der Waals surface area (Å²) in [7, 11) is 0. The number of hydrogen-bond acceptors (Lipinski definition) is 5. The predicted octanol–water partition coefficient (Wildman–Crippen LogP) is 2.58. The van der Waals surface area contributed by atoms with Gasteiger partial charge in [0.1, 0.15) is 5.01 Å². The number of hydrogen-bond donors (Lipinski definition) is 2.